The zero-order valence-electron chi connectivity index (χ0n) is 20.3. The maximum Gasteiger partial charge on any atom is 0.225 e. The molecule has 1 amide bonds. The Morgan fingerprint density at radius 2 is 1.68 bits per heavy atom. The van der Waals surface area contributed by atoms with Crippen molar-refractivity contribution in [3.63, 3.8) is 0 Å². The van der Waals surface area contributed by atoms with E-state index in [9.17, 15) is 13.2 Å². The van der Waals surface area contributed by atoms with Gasteiger partial charge in [-0.2, -0.15) is 4.31 Å². The molecule has 0 saturated carbocycles. The van der Waals surface area contributed by atoms with Crippen molar-refractivity contribution in [1.82, 2.24) is 34.5 Å². The van der Waals surface area contributed by atoms with E-state index >= 15 is 0 Å². The topological polar surface area (TPSA) is 134 Å². The lowest BCUT2D eigenvalue weighted by molar-refractivity contribution is -0.110. The maximum absolute atomic E-state index is 13.1. The van der Waals surface area contributed by atoms with E-state index in [1.54, 1.807) is 37.1 Å². The summed E-state index contributed by atoms with van der Waals surface area (Å²) in [5.41, 5.74) is 1.34. The standard InChI is InChI=1S/C25H28N8O3S/c34-20-31-23(6-3-7-24-27-11-4-12-28-24)19-37(35,36)33-15-13-32(14-16-33)25-29-17-21(18-30-25)8-9-22-5-1-2-10-26-22/h1-2,4-5,10-12,17-18,20,23H,3,6-7,13-16,19H2,(H,31,34). The molecule has 1 aliphatic heterocycles. The molecule has 4 rings (SSSR count). The highest BCUT2D eigenvalue weighted by Gasteiger charge is 2.30. The average molecular weight is 521 g/mol. The lowest BCUT2D eigenvalue weighted by Crippen LogP contribution is -2.51. The largest absolute Gasteiger partial charge is 0.355 e. The van der Waals surface area contributed by atoms with Crippen molar-refractivity contribution in [1.29, 1.82) is 0 Å². The van der Waals surface area contributed by atoms with Crippen LogP contribution in [0.15, 0.2) is 55.2 Å². The third-order valence-corrected chi connectivity index (χ3v) is 7.82. The summed E-state index contributed by atoms with van der Waals surface area (Å²) in [5, 5.41) is 2.65. The number of hydrogen-bond acceptors (Lipinski definition) is 9. The van der Waals surface area contributed by atoms with Crippen molar-refractivity contribution < 1.29 is 13.2 Å². The minimum absolute atomic E-state index is 0.151. The van der Waals surface area contributed by atoms with Crippen LogP contribution in [-0.4, -0.2) is 82.0 Å². The molecule has 1 fully saturated rings. The van der Waals surface area contributed by atoms with Crippen LogP contribution in [0.2, 0.25) is 0 Å². The Balaban J connectivity index is 1.28. The smallest absolute Gasteiger partial charge is 0.225 e. The van der Waals surface area contributed by atoms with Gasteiger partial charge < -0.3 is 10.2 Å². The Morgan fingerprint density at radius 3 is 2.35 bits per heavy atom. The van der Waals surface area contributed by atoms with E-state index in [1.807, 2.05) is 23.1 Å². The fraction of sp³-hybridized carbons (Fsp3) is 0.360. The summed E-state index contributed by atoms with van der Waals surface area (Å²) in [4.78, 5) is 34.3. The van der Waals surface area contributed by atoms with Gasteiger partial charge in [0.2, 0.25) is 22.4 Å². The molecule has 1 aliphatic rings. The molecule has 0 aromatic carbocycles. The Labute approximate surface area is 216 Å². The summed E-state index contributed by atoms with van der Waals surface area (Å²) in [5.74, 6) is 7.03. The highest BCUT2D eigenvalue weighted by atomic mass is 32.2. The highest BCUT2D eigenvalue weighted by Crippen LogP contribution is 2.15. The molecule has 37 heavy (non-hydrogen) atoms. The Morgan fingerprint density at radius 1 is 0.946 bits per heavy atom. The first kappa shape index (κ1) is 26.1. The summed E-state index contributed by atoms with van der Waals surface area (Å²) < 4.78 is 27.6. The van der Waals surface area contributed by atoms with Gasteiger partial charge in [0.05, 0.1) is 11.3 Å². The number of carbonyl (C=O) groups excluding carboxylic acids is 1. The SMILES string of the molecule is O=CNC(CCCc1ncccn1)CS(=O)(=O)N1CCN(c2ncc(C#Cc3ccccn3)cn2)CC1. The Hall–Kier alpha value is -3.95. The van der Waals surface area contributed by atoms with Crippen LogP contribution in [0, 0.1) is 11.8 Å². The number of piperazine rings is 1. The van der Waals surface area contributed by atoms with Gasteiger partial charge in [0.15, 0.2) is 0 Å². The van der Waals surface area contributed by atoms with Gasteiger partial charge in [-0.15, -0.1) is 0 Å². The number of carbonyl (C=O) groups is 1. The molecule has 1 atom stereocenters. The molecular formula is C25H28N8O3S. The predicted octanol–water partition coefficient (Wildman–Crippen LogP) is 0.651. The lowest BCUT2D eigenvalue weighted by Gasteiger charge is -2.34. The minimum Gasteiger partial charge on any atom is -0.355 e. The summed E-state index contributed by atoms with van der Waals surface area (Å²) in [6.45, 7) is 1.57. The third-order valence-electron chi connectivity index (χ3n) is 5.84. The van der Waals surface area contributed by atoms with Gasteiger partial charge in [-0.3, -0.25) is 4.79 Å². The summed E-state index contributed by atoms with van der Waals surface area (Å²) in [6.07, 6.45) is 10.7. The number of anilines is 1. The number of aryl methyl sites for hydroxylation is 1. The molecule has 0 spiro atoms. The number of nitrogens with one attached hydrogen (secondary N) is 1. The summed E-state index contributed by atoms with van der Waals surface area (Å²) >= 11 is 0. The number of nitrogens with zero attached hydrogens (tertiary/aromatic N) is 7. The first-order chi connectivity index (χ1) is 18.0. The monoisotopic (exact) mass is 520 g/mol. The third kappa shape index (κ3) is 7.77. The zero-order valence-corrected chi connectivity index (χ0v) is 21.1. The molecule has 0 radical (unpaired) electrons. The van der Waals surface area contributed by atoms with Gasteiger partial charge in [-0.05, 0) is 37.0 Å². The van der Waals surface area contributed by atoms with Crippen LogP contribution < -0.4 is 10.2 Å². The van der Waals surface area contributed by atoms with Gasteiger partial charge in [-0.1, -0.05) is 12.0 Å². The van der Waals surface area contributed by atoms with Crippen LogP contribution in [0.3, 0.4) is 0 Å². The molecule has 0 aliphatic carbocycles. The van der Waals surface area contributed by atoms with Crippen molar-refractivity contribution in [3.05, 3.63) is 72.3 Å². The quantitative estimate of drug-likeness (QED) is 0.302. The molecule has 192 valence electrons. The second kappa shape index (κ2) is 12.8. The molecule has 4 heterocycles. The van der Waals surface area contributed by atoms with Crippen molar-refractivity contribution in [2.24, 2.45) is 0 Å². The van der Waals surface area contributed by atoms with Gasteiger partial charge in [0, 0.05) is 69.6 Å². The number of hydrogen-bond donors (Lipinski definition) is 1. The van der Waals surface area contributed by atoms with Gasteiger partial charge >= 0.3 is 0 Å². The van der Waals surface area contributed by atoms with E-state index in [0.717, 1.165) is 0 Å². The lowest BCUT2D eigenvalue weighted by atomic mass is 10.1. The molecule has 3 aromatic heterocycles. The highest BCUT2D eigenvalue weighted by molar-refractivity contribution is 7.89. The van der Waals surface area contributed by atoms with E-state index < -0.39 is 16.1 Å². The van der Waals surface area contributed by atoms with E-state index in [1.165, 1.54) is 4.31 Å². The summed E-state index contributed by atoms with van der Waals surface area (Å²) in [6, 6.07) is 6.79. The van der Waals surface area contributed by atoms with Gasteiger partial charge in [0.25, 0.3) is 0 Å². The van der Waals surface area contributed by atoms with Crippen molar-refractivity contribution in [2.75, 3.05) is 36.8 Å². The number of pyridine rings is 1. The molecular weight excluding hydrogens is 492 g/mol. The van der Waals surface area contributed by atoms with E-state index in [4.69, 9.17) is 0 Å². The van der Waals surface area contributed by atoms with E-state index in [2.05, 4.69) is 42.1 Å². The number of amides is 1. The second-order valence-corrected chi connectivity index (χ2v) is 10.5. The second-order valence-electron chi connectivity index (χ2n) is 8.44. The fourth-order valence-corrected chi connectivity index (χ4v) is 5.63. The normalized spacial score (nSPS) is 14.9. The van der Waals surface area contributed by atoms with Crippen LogP contribution >= 0.6 is 0 Å². The molecule has 11 nitrogen and oxygen atoms in total. The zero-order chi connectivity index (χ0) is 25.9. The first-order valence-electron chi connectivity index (χ1n) is 12.0. The molecule has 1 saturated heterocycles. The molecule has 1 N–H and O–H groups in total. The predicted molar refractivity (Wildman–Crippen MR) is 138 cm³/mol. The molecule has 1 unspecified atom stereocenters. The Bertz CT molecular complexity index is 1300. The molecule has 12 heteroatoms. The Kier molecular flexibility index (Phi) is 9.07. The van der Waals surface area contributed by atoms with Crippen molar-refractivity contribution in [3.8, 4) is 11.8 Å². The van der Waals surface area contributed by atoms with Crippen molar-refractivity contribution >= 4 is 22.4 Å². The van der Waals surface area contributed by atoms with Crippen LogP contribution in [0.1, 0.15) is 29.9 Å². The van der Waals surface area contributed by atoms with E-state index in [0.29, 0.717) is 74.9 Å². The maximum atomic E-state index is 13.1. The molecule has 0 bridgehead atoms. The van der Waals surface area contributed by atoms with Crippen LogP contribution in [0.5, 0.6) is 0 Å². The minimum atomic E-state index is -3.56. The fourth-order valence-electron chi connectivity index (χ4n) is 3.92. The van der Waals surface area contributed by atoms with Gasteiger partial charge in [0.1, 0.15) is 11.5 Å². The van der Waals surface area contributed by atoms with Crippen LogP contribution in [0.4, 0.5) is 5.95 Å². The van der Waals surface area contributed by atoms with Crippen LogP contribution in [0.25, 0.3) is 0 Å². The number of sulfonamides is 1. The number of rotatable bonds is 10. The first-order valence-corrected chi connectivity index (χ1v) is 13.6. The van der Waals surface area contributed by atoms with Crippen LogP contribution in [-0.2, 0) is 21.2 Å². The molecule has 3 aromatic rings. The average Bonchev–Trinajstić information content (AvgIpc) is 2.93. The summed E-state index contributed by atoms with van der Waals surface area (Å²) in [7, 11) is -3.56. The van der Waals surface area contributed by atoms with E-state index in [-0.39, 0.29) is 5.75 Å². The number of aromatic nitrogens is 5. The van der Waals surface area contributed by atoms with Gasteiger partial charge in [-0.25, -0.2) is 33.3 Å². The van der Waals surface area contributed by atoms with Crippen molar-refractivity contribution in [2.45, 2.75) is 25.3 Å².